The van der Waals surface area contributed by atoms with Crippen molar-refractivity contribution < 1.29 is 40.1 Å². The van der Waals surface area contributed by atoms with Gasteiger partial charge in [0.15, 0.2) is 17.7 Å². The van der Waals surface area contributed by atoms with Gasteiger partial charge in [-0.25, -0.2) is 9.18 Å². The van der Waals surface area contributed by atoms with Gasteiger partial charge in [0, 0.05) is 30.2 Å². The van der Waals surface area contributed by atoms with Crippen LogP contribution in [0.15, 0.2) is 66.1 Å². The summed E-state index contributed by atoms with van der Waals surface area (Å²) in [5, 5.41) is 4.87. The first-order chi connectivity index (χ1) is 17.5. The topological polar surface area (TPSA) is 47.6 Å². The number of benzene rings is 2. The van der Waals surface area contributed by atoms with Crippen molar-refractivity contribution in [3.8, 4) is 16.2 Å². The molecule has 3 aliphatic rings. The Labute approximate surface area is 232 Å². The molecule has 0 radical (unpaired) electrons. The number of ether oxygens (including phenoxy) is 2. The molecule has 0 saturated carbocycles. The van der Waals surface area contributed by atoms with E-state index < -0.39 is 5.82 Å². The summed E-state index contributed by atoms with van der Waals surface area (Å²) in [5.41, 5.74) is 2.91. The Morgan fingerprint density at radius 2 is 1.95 bits per heavy atom. The number of hydrogen-bond acceptors (Lipinski definition) is 4. The molecule has 3 aliphatic heterocycles. The molecule has 3 fully saturated rings. The molecule has 0 unspecified atom stereocenters. The lowest BCUT2D eigenvalue weighted by Gasteiger charge is -2.51. The zero-order chi connectivity index (χ0) is 25.0. The Bertz CT molecular complexity index is 1220. The fourth-order valence-electron chi connectivity index (χ4n) is 5.47. The third kappa shape index (κ3) is 6.43. The van der Waals surface area contributed by atoms with Gasteiger partial charge in [-0.15, -0.1) is 11.3 Å². The number of nitrogens with one attached hydrogen (secondary N) is 1. The van der Waals surface area contributed by atoms with Crippen molar-refractivity contribution in [1.29, 1.82) is 0 Å². The third-order valence-electron chi connectivity index (χ3n) is 7.49. The van der Waals surface area contributed by atoms with E-state index in [0.29, 0.717) is 12.5 Å². The number of methoxy groups -OCH3 is 1. The van der Waals surface area contributed by atoms with E-state index in [4.69, 9.17) is 9.47 Å². The number of rotatable bonds is 8. The van der Waals surface area contributed by atoms with Crippen molar-refractivity contribution in [3.63, 3.8) is 0 Å². The van der Waals surface area contributed by atoms with E-state index in [-0.39, 0.29) is 34.9 Å². The second-order valence-corrected chi connectivity index (χ2v) is 10.6. The molecule has 6 rings (SSSR count). The van der Waals surface area contributed by atoms with E-state index in [1.807, 2.05) is 23.6 Å². The van der Waals surface area contributed by atoms with Crippen molar-refractivity contribution in [1.82, 2.24) is 5.32 Å². The number of carbonyl (C=O) groups excluding carboxylic acids is 1. The molecule has 0 spiro atoms. The maximum Gasteiger partial charge on any atom is 0.407 e. The predicted molar refractivity (Wildman–Crippen MR) is 141 cm³/mol. The van der Waals surface area contributed by atoms with Crippen LogP contribution in [0.3, 0.4) is 0 Å². The highest BCUT2D eigenvalue weighted by molar-refractivity contribution is 7.13. The summed E-state index contributed by atoms with van der Waals surface area (Å²) in [6.45, 7) is 4.44. The standard InChI is InChI=1S/C29H31FN2O3S.BrH/c1-34-26-10-9-23(18-25(26)30)28-24(13-17-36-28)19-31-29(33)35-27-20-32(15-11-22(27)12-16-32)14-5-8-21-6-3-2-4-7-21;/h2-10,13,17-18,22,27H,11-12,14-16,19-20H2,1H3;1H/t22?,27-,32?;/m0./s1. The number of carbonyl (C=O) groups is 1. The minimum Gasteiger partial charge on any atom is -1.00 e. The Kier molecular flexibility index (Phi) is 9.05. The molecule has 1 amide bonds. The molecule has 3 aromatic rings. The first kappa shape index (κ1) is 27.4. The van der Waals surface area contributed by atoms with Crippen LogP contribution in [-0.2, 0) is 11.3 Å². The number of hydrogen-bond donors (Lipinski definition) is 1. The summed E-state index contributed by atoms with van der Waals surface area (Å²) >= 11 is 1.52. The number of halogens is 2. The van der Waals surface area contributed by atoms with Crippen molar-refractivity contribution in [2.75, 3.05) is 33.3 Å². The van der Waals surface area contributed by atoms with Gasteiger partial charge in [-0.1, -0.05) is 36.4 Å². The van der Waals surface area contributed by atoms with Crippen LogP contribution >= 0.6 is 11.3 Å². The largest absolute Gasteiger partial charge is 1.00 e. The second-order valence-electron chi connectivity index (χ2n) is 9.73. The molecule has 8 heteroatoms. The number of fused-ring (bicyclic) bond motifs is 3. The molecule has 37 heavy (non-hydrogen) atoms. The Hall–Kier alpha value is -2.68. The zero-order valence-electron chi connectivity index (χ0n) is 20.9. The van der Waals surface area contributed by atoms with Gasteiger partial charge in [0.05, 0.1) is 26.7 Å². The summed E-state index contributed by atoms with van der Waals surface area (Å²) in [7, 11) is 1.45. The molecule has 2 bridgehead atoms. The Morgan fingerprint density at radius 1 is 1.16 bits per heavy atom. The molecule has 3 saturated heterocycles. The van der Waals surface area contributed by atoms with Crippen LogP contribution in [-0.4, -0.2) is 50.0 Å². The monoisotopic (exact) mass is 586 g/mol. The van der Waals surface area contributed by atoms with Crippen LogP contribution in [0.1, 0.15) is 24.0 Å². The number of amides is 1. The van der Waals surface area contributed by atoms with Gasteiger partial charge in [-0.3, -0.25) is 0 Å². The van der Waals surface area contributed by atoms with Crippen LogP contribution in [0, 0.1) is 11.7 Å². The lowest BCUT2D eigenvalue weighted by Crippen LogP contribution is -3.00. The van der Waals surface area contributed by atoms with Gasteiger partial charge in [0.2, 0.25) is 0 Å². The van der Waals surface area contributed by atoms with E-state index in [1.54, 1.807) is 6.07 Å². The number of quaternary nitrogens is 1. The molecule has 4 heterocycles. The average molecular weight is 588 g/mol. The number of thiophene rings is 1. The van der Waals surface area contributed by atoms with Crippen molar-refractivity contribution in [3.05, 3.63) is 83.0 Å². The van der Waals surface area contributed by atoms with E-state index in [0.717, 1.165) is 59.5 Å². The van der Waals surface area contributed by atoms with Gasteiger partial charge in [-0.05, 0) is 52.4 Å². The van der Waals surface area contributed by atoms with E-state index in [1.165, 1.54) is 30.1 Å². The second kappa shape index (κ2) is 12.2. The summed E-state index contributed by atoms with van der Waals surface area (Å²) < 4.78 is 26.1. The smallest absolute Gasteiger partial charge is 0.407 e. The van der Waals surface area contributed by atoms with Gasteiger partial charge < -0.3 is 36.3 Å². The van der Waals surface area contributed by atoms with Crippen molar-refractivity contribution in [2.45, 2.75) is 25.5 Å². The maximum absolute atomic E-state index is 14.2. The van der Waals surface area contributed by atoms with Crippen molar-refractivity contribution in [2.24, 2.45) is 5.92 Å². The Morgan fingerprint density at radius 3 is 2.68 bits per heavy atom. The number of nitrogens with zero attached hydrogens (tertiary/aromatic N) is 1. The quantitative estimate of drug-likeness (QED) is 0.413. The highest BCUT2D eigenvalue weighted by Gasteiger charge is 2.47. The SMILES string of the molecule is COc1ccc(-c2sccc2CNC(=O)O[C@H]2C[N+]3(CC=Cc4ccccc4)CCC2CC3)cc1F.[Br-]. The van der Waals surface area contributed by atoms with Crippen LogP contribution in [0.5, 0.6) is 5.75 Å². The number of alkyl carbamates (subject to hydrolysis) is 1. The third-order valence-corrected chi connectivity index (χ3v) is 8.49. The van der Waals surface area contributed by atoms with E-state index in [2.05, 4.69) is 41.7 Å². The summed E-state index contributed by atoms with van der Waals surface area (Å²) in [6, 6.07) is 17.2. The van der Waals surface area contributed by atoms with Gasteiger partial charge in [0.25, 0.3) is 0 Å². The summed E-state index contributed by atoms with van der Waals surface area (Å²) in [5.74, 6) is 0.250. The predicted octanol–water partition coefficient (Wildman–Crippen LogP) is 3.12. The highest BCUT2D eigenvalue weighted by atomic mass is 79.9. The molecule has 1 atom stereocenters. The fourth-order valence-corrected chi connectivity index (χ4v) is 6.39. The van der Waals surface area contributed by atoms with Gasteiger partial charge in [0.1, 0.15) is 6.54 Å². The van der Waals surface area contributed by atoms with Crippen LogP contribution in [0.25, 0.3) is 16.5 Å². The molecule has 0 aliphatic carbocycles. The molecule has 5 nitrogen and oxygen atoms in total. The van der Waals surface area contributed by atoms with Gasteiger partial charge >= 0.3 is 6.09 Å². The normalized spacial score (nSPS) is 22.4. The van der Waals surface area contributed by atoms with Crippen LogP contribution in [0.2, 0.25) is 0 Å². The summed E-state index contributed by atoms with van der Waals surface area (Å²) in [4.78, 5) is 13.7. The van der Waals surface area contributed by atoms with Gasteiger partial charge in [-0.2, -0.15) is 0 Å². The lowest BCUT2D eigenvalue weighted by atomic mass is 9.83. The van der Waals surface area contributed by atoms with Crippen LogP contribution < -0.4 is 27.0 Å². The minimum atomic E-state index is -0.403. The molecular formula is C29H32BrFN2O3S. The lowest BCUT2D eigenvalue weighted by molar-refractivity contribution is -0.941. The minimum absolute atomic E-state index is 0. The van der Waals surface area contributed by atoms with Crippen LogP contribution in [0.4, 0.5) is 9.18 Å². The first-order valence-electron chi connectivity index (χ1n) is 12.5. The zero-order valence-corrected chi connectivity index (χ0v) is 23.3. The van der Waals surface area contributed by atoms with Crippen molar-refractivity contribution >= 4 is 23.5 Å². The molecule has 196 valence electrons. The Balaban J connectivity index is 0.00000320. The molecular weight excluding hydrogens is 555 g/mol. The summed E-state index contributed by atoms with van der Waals surface area (Å²) in [6.07, 6.45) is 6.19. The van der Waals surface area contributed by atoms with E-state index in [9.17, 15) is 9.18 Å². The molecule has 1 aromatic heterocycles. The maximum atomic E-state index is 14.2. The molecule has 1 N–H and O–H groups in total. The highest BCUT2D eigenvalue weighted by Crippen LogP contribution is 2.36. The average Bonchev–Trinajstić information content (AvgIpc) is 3.37. The fraction of sp³-hybridized carbons (Fsp3) is 0.345. The number of piperidine rings is 3. The van der Waals surface area contributed by atoms with E-state index >= 15 is 0 Å². The first-order valence-corrected chi connectivity index (χ1v) is 13.3. The molecule has 2 aromatic carbocycles.